The number of hydrogen-bond donors (Lipinski definition) is 1. The van der Waals surface area contributed by atoms with Crippen LogP contribution < -0.4 is 9.47 Å². The topological polar surface area (TPSA) is 64.4 Å². The smallest absolute Gasteiger partial charge is 0.216 e. The Hall–Kier alpha value is -2.15. The van der Waals surface area contributed by atoms with Crippen LogP contribution in [0, 0.1) is 4.77 Å². The molecule has 1 heterocycles. The molecule has 0 bridgehead atoms. The lowest BCUT2D eigenvalue weighted by Crippen LogP contribution is -1.93. The molecule has 1 aromatic carbocycles. The lowest BCUT2D eigenvalue weighted by atomic mass is 10.2. The zero-order chi connectivity index (χ0) is 13.0. The van der Waals surface area contributed by atoms with Crippen molar-refractivity contribution in [2.24, 2.45) is 5.10 Å². The normalized spacial score (nSPS) is 10.8. The minimum Gasteiger partial charge on any atom is -0.493 e. The molecule has 0 saturated carbocycles. The van der Waals surface area contributed by atoms with Crippen LogP contribution in [0.5, 0.6) is 11.5 Å². The molecule has 0 fully saturated rings. The van der Waals surface area contributed by atoms with Crippen LogP contribution in [0.1, 0.15) is 5.56 Å². The summed E-state index contributed by atoms with van der Waals surface area (Å²) in [6.45, 7) is 0. The summed E-state index contributed by atoms with van der Waals surface area (Å²) in [5.41, 5.74) is 0.871. The molecular weight excluding hydrogens is 252 g/mol. The van der Waals surface area contributed by atoms with Crippen LogP contribution in [0.3, 0.4) is 0 Å². The maximum absolute atomic E-state index is 5.21. The standard InChI is InChI=1S/C11H12N4O2S/c1-16-9-4-3-8(5-10(9)17-2)6-13-15-7-12-14-11(15)18/h3-7H,1-2H3,(H,14,18)/b13-6+. The molecule has 94 valence electrons. The van der Waals surface area contributed by atoms with E-state index in [9.17, 15) is 0 Å². The molecule has 0 aliphatic rings. The van der Waals surface area contributed by atoms with Gasteiger partial charge in [-0.25, -0.2) is 0 Å². The molecule has 0 amide bonds. The van der Waals surface area contributed by atoms with Crippen molar-refractivity contribution in [1.82, 2.24) is 14.9 Å². The fraction of sp³-hybridized carbons (Fsp3) is 0.182. The first-order valence-electron chi connectivity index (χ1n) is 5.13. The van der Waals surface area contributed by atoms with Crippen molar-refractivity contribution in [2.75, 3.05) is 14.2 Å². The number of benzene rings is 1. The zero-order valence-electron chi connectivity index (χ0n) is 9.95. The summed E-state index contributed by atoms with van der Waals surface area (Å²) < 4.78 is 12.3. The third-order valence-electron chi connectivity index (χ3n) is 2.27. The van der Waals surface area contributed by atoms with Crippen LogP contribution in [0.2, 0.25) is 0 Å². The van der Waals surface area contributed by atoms with Crippen LogP contribution in [0.4, 0.5) is 0 Å². The van der Waals surface area contributed by atoms with Crippen molar-refractivity contribution in [2.45, 2.75) is 0 Å². The Morgan fingerprint density at radius 1 is 1.33 bits per heavy atom. The minimum absolute atomic E-state index is 0.437. The van der Waals surface area contributed by atoms with Crippen molar-refractivity contribution in [3.05, 3.63) is 34.9 Å². The van der Waals surface area contributed by atoms with Gasteiger partial charge in [-0.15, -0.1) is 0 Å². The van der Waals surface area contributed by atoms with Crippen molar-refractivity contribution >= 4 is 18.4 Å². The number of rotatable bonds is 4. The van der Waals surface area contributed by atoms with Crippen LogP contribution in [-0.2, 0) is 0 Å². The highest BCUT2D eigenvalue weighted by Crippen LogP contribution is 2.26. The molecular formula is C11H12N4O2S. The molecule has 2 aromatic rings. The van der Waals surface area contributed by atoms with Gasteiger partial charge < -0.3 is 9.47 Å². The van der Waals surface area contributed by atoms with Gasteiger partial charge in [0.1, 0.15) is 6.33 Å². The minimum atomic E-state index is 0.437. The van der Waals surface area contributed by atoms with Crippen LogP contribution in [-0.4, -0.2) is 35.3 Å². The summed E-state index contributed by atoms with van der Waals surface area (Å²) in [5.74, 6) is 1.33. The Labute approximate surface area is 109 Å². The molecule has 2 rings (SSSR count). The SMILES string of the molecule is COc1ccc(/C=N/n2cn[nH]c2=S)cc1OC. The Bertz CT molecular complexity index is 618. The van der Waals surface area contributed by atoms with Gasteiger partial charge in [0, 0.05) is 0 Å². The fourth-order valence-electron chi connectivity index (χ4n) is 1.39. The van der Waals surface area contributed by atoms with E-state index in [0.29, 0.717) is 16.3 Å². The van der Waals surface area contributed by atoms with Gasteiger partial charge in [-0.05, 0) is 36.0 Å². The Balaban J connectivity index is 2.27. The monoisotopic (exact) mass is 264 g/mol. The summed E-state index contributed by atoms with van der Waals surface area (Å²) in [7, 11) is 3.18. The summed E-state index contributed by atoms with van der Waals surface area (Å²) in [5, 5.41) is 10.5. The van der Waals surface area contributed by atoms with Gasteiger partial charge in [-0.1, -0.05) is 0 Å². The van der Waals surface area contributed by atoms with Crippen LogP contribution in [0.25, 0.3) is 0 Å². The van der Waals surface area contributed by atoms with Gasteiger partial charge in [0.2, 0.25) is 4.77 Å². The van der Waals surface area contributed by atoms with Gasteiger partial charge >= 0.3 is 0 Å². The zero-order valence-corrected chi connectivity index (χ0v) is 10.8. The second kappa shape index (κ2) is 5.46. The number of nitrogens with one attached hydrogen (secondary N) is 1. The van der Waals surface area contributed by atoms with Crippen molar-refractivity contribution in [3.63, 3.8) is 0 Å². The van der Waals surface area contributed by atoms with E-state index in [1.807, 2.05) is 18.2 Å². The molecule has 1 N–H and O–H groups in total. The molecule has 0 radical (unpaired) electrons. The molecule has 0 aliphatic heterocycles. The number of aromatic nitrogens is 3. The maximum atomic E-state index is 5.21. The summed E-state index contributed by atoms with van der Waals surface area (Å²) in [6, 6.07) is 5.51. The number of hydrogen-bond acceptors (Lipinski definition) is 5. The molecule has 7 heteroatoms. The molecule has 0 atom stereocenters. The summed E-state index contributed by atoms with van der Waals surface area (Å²) in [4.78, 5) is 0. The Morgan fingerprint density at radius 3 is 2.72 bits per heavy atom. The van der Waals surface area contributed by atoms with Crippen molar-refractivity contribution < 1.29 is 9.47 Å². The number of methoxy groups -OCH3 is 2. The van der Waals surface area contributed by atoms with Crippen molar-refractivity contribution in [3.8, 4) is 11.5 Å². The Kier molecular flexibility index (Phi) is 3.73. The van der Waals surface area contributed by atoms with E-state index < -0.39 is 0 Å². The van der Waals surface area contributed by atoms with E-state index in [1.165, 1.54) is 11.0 Å². The number of aromatic amines is 1. The molecule has 18 heavy (non-hydrogen) atoms. The molecule has 0 unspecified atom stereocenters. The van der Waals surface area contributed by atoms with E-state index in [4.69, 9.17) is 21.7 Å². The number of nitrogens with zero attached hydrogens (tertiary/aromatic N) is 3. The first-order chi connectivity index (χ1) is 8.74. The maximum Gasteiger partial charge on any atom is 0.216 e. The van der Waals surface area contributed by atoms with E-state index >= 15 is 0 Å². The van der Waals surface area contributed by atoms with Gasteiger partial charge in [0.25, 0.3) is 0 Å². The Morgan fingerprint density at radius 2 is 2.11 bits per heavy atom. The third kappa shape index (κ3) is 2.57. The predicted octanol–water partition coefficient (Wildman–Crippen LogP) is 1.84. The average Bonchev–Trinajstić information content (AvgIpc) is 2.81. The molecule has 0 aliphatic carbocycles. The molecule has 0 spiro atoms. The van der Waals surface area contributed by atoms with Crippen molar-refractivity contribution in [1.29, 1.82) is 0 Å². The highest BCUT2D eigenvalue weighted by atomic mass is 32.1. The number of H-pyrrole nitrogens is 1. The van der Waals surface area contributed by atoms with E-state index in [1.54, 1.807) is 20.4 Å². The van der Waals surface area contributed by atoms with E-state index in [-0.39, 0.29) is 0 Å². The molecule has 6 nitrogen and oxygen atoms in total. The first kappa shape index (κ1) is 12.3. The van der Waals surface area contributed by atoms with Gasteiger partial charge in [-0.2, -0.15) is 14.9 Å². The first-order valence-corrected chi connectivity index (χ1v) is 5.54. The predicted molar refractivity (Wildman–Crippen MR) is 69.9 cm³/mol. The van der Waals surface area contributed by atoms with Crippen LogP contribution >= 0.6 is 12.2 Å². The van der Waals surface area contributed by atoms with Gasteiger partial charge in [0.15, 0.2) is 11.5 Å². The number of ether oxygens (including phenoxy) is 2. The average molecular weight is 264 g/mol. The van der Waals surface area contributed by atoms with E-state index in [2.05, 4.69) is 15.3 Å². The second-order valence-corrected chi connectivity index (χ2v) is 3.75. The highest BCUT2D eigenvalue weighted by Gasteiger charge is 2.02. The summed E-state index contributed by atoms with van der Waals surface area (Å²) in [6.07, 6.45) is 3.16. The van der Waals surface area contributed by atoms with E-state index in [0.717, 1.165) is 5.56 Å². The lowest BCUT2D eigenvalue weighted by molar-refractivity contribution is 0.355. The van der Waals surface area contributed by atoms with Gasteiger partial charge in [0.05, 0.1) is 20.4 Å². The lowest BCUT2D eigenvalue weighted by Gasteiger charge is -2.07. The second-order valence-electron chi connectivity index (χ2n) is 3.37. The molecule has 0 saturated heterocycles. The van der Waals surface area contributed by atoms with Crippen LogP contribution in [0.15, 0.2) is 29.6 Å². The fourth-order valence-corrected chi connectivity index (χ4v) is 1.53. The molecule has 1 aromatic heterocycles. The third-order valence-corrected chi connectivity index (χ3v) is 2.55. The largest absolute Gasteiger partial charge is 0.493 e. The van der Waals surface area contributed by atoms with Gasteiger partial charge in [-0.3, -0.25) is 5.10 Å². The highest BCUT2D eigenvalue weighted by molar-refractivity contribution is 7.71. The summed E-state index contributed by atoms with van der Waals surface area (Å²) >= 11 is 4.98. The quantitative estimate of drug-likeness (QED) is 0.676.